The molecule has 0 spiro atoms. The van der Waals surface area contributed by atoms with Crippen molar-refractivity contribution in [2.24, 2.45) is 0 Å². The van der Waals surface area contributed by atoms with Crippen LogP contribution >= 0.6 is 11.3 Å². The largest absolute Gasteiger partial charge is 0.598 e. The van der Waals surface area contributed by atoms with Crippen molar-refractivity contribution in [3.8, 4) is 11.3 Å². The fourth-order valence-electron chi connectivity index (χ4n) is 6.28. The Kier molecular flexibility index (Phi) is 8.09. The van der Waals surface area contributed by atoms with E-state index in [4.69, 9.17) is 9.40 Å². The van der Waals surface area contributed by atoms with Crippen LogP contribution in [0.5, 0.6) is 0 Å². The molecule has 5 aromatic rings. The second-order valence-electron chi connectivity index (χ2n) is 11.8. The number of aromatic nitrogens is 4. The van der Waals surface area contributed by atoms with Crippen LogP contribution in [0.1, 0.15) is 42.2 Å². The lowest BCUT2D eigenvalue weighted by Crippen LogP contribution is -2.48. The maximum absolute atomic E-state index is 13.3. The van der Waals surface area contributed by atoms with Crippen molar-refractivity contribution in [3.05, 3.63) is 62.1 Å². The van der Waals surface area contributed by atoms with Crippen LogP contribution in [-0.2, 0) is 11.4 Å². The first-order chi connectivity index (χ1) is 22.2. The van der Waals surface area contributed by atoms with Crippen LogP contribution in [0.2, 0.25) is 0 Å². The first-order valence-corrected chi connectivity index (χ1v) is 17.6. The second kappa shape index (κ2) is 12.2. The number of hydrogen-bond acceptors (Lipinski definition) is 11. The quantitative estimate of drug-likeness (QED) is 0.245. The third kappa shape index (κ3) is 5.57. The normalized spacial score (nSPS) is 16.8. The zero-order valence-corrected chi connectivity index (χ0v) is 27.4. The molecule has 1 aliphatic heterocycles. The lowest BCUT2D eigenvalue weighted by molar-refractivity contribution is 0.0815. The Bertz CT molecular complexity index is 2050. The number of aromatic amines is 1. The molecule has 15 heteroatoms. The predicted molar refractivity (Wildman–Crippen MR) is 181 cm³/mol. The minimum absolute atomic E-state index is 0.0906. The van der Waals surface area contributed by atoms with E-state index in [9.17, 15) is 18.9 Å². The van der Waals surface area contributed by atoms with Crippen molar-refractivity contribution >= 4 is 67.4 Å². The summed E-state index contributed by atoms with van der Waals surface area (Å²) in [5.41, 5.74) is 2.47. The van der Waals surface area contributed by atoms with Gasteiger partial charge in [-0.05, 0) is 31.0 Å². The highest BCUT2D eigenvalue weighted by atomic mass is 32.2. The van der Waals surface area contributed by atoms with E-state index < -0.39 is 16.9 Å². The number of piperazine rings is 1. The molecule has 240 valence electrons. The van der Waals surface area contributed by atoms with Crippen LogP contribution < -0.4 is 21.2 Å². The standard InChI is InChI=1S/C31H34N8O5S2/c1-36(2)30(42)23-14-18-16-32-31(35-28(18)39(23)19-6-4-5-7-19)34-22-9-8-21(33-29(22)41)20-17-45-27-24(40)15-25(44-26(20)27)37-10-12-38(13-11-37)46(3)43/h8-9,14-17,19H,4-7,10-13H2,1-3H3,(H,33,41)(H,32,34,35). The van der Waals surface area contributed by atoms with E-state index in [1.54, 1.807) is 49.0 Å². The van der Waals surface area contributed by atoms with E-state index in [0.29, 0.717) is 64.9 Å². The van der Waals surface area contributed by atoms with Gasteiger partial charge in [0.05, 0.1) is 24.3 Å². The number of anilines is 3. The van der Waals surface area contributed by atoms with E-state index in [-0.39, 0.29) is 29.0 Å². The monoisotopic (exact) mass is 662 g/mol. The van der Waals surface area contributed by atoms with Gasteiger partial charge in [-0.2, -0.15) is 4.98 Å². The van der Waals surface area contributed by atoms with Crippen molar-refractivity contribution in [1.29, 1.82) is 0 Å². The molecule has 1 unspecified atom stereocenters. The van der Waals surface area contributed by atoms with E-state index in [1.165, 1.54) is 17.4 Å². The summed E-state index contributed by atoms with van der Waals surface area (Å²) in [5, 5.41) is 5.61. The fourth-order valence-corrected chi connectivity index (χ4v) is 7.86. The van der Waals surface area contributed by atoms with E-state index >= 15 is 0 Å². The molecule has 7 rings (SSSR count). The number of nitrogens with zero attached hydrogens (tertiary/aromatic N) is 6. The number of thiophene rings is 1. The van der Waals surface area contributed by atoms with Crippen molar-refractivity contribution in [3.63, 3.8) is 0 Å². The number of rotatable bonds is 7. The highest BCUT2D eigenvalue weighted by Gasteiger charge is 2.28. The number of nitrogens with one attached hydrogen (secondary N) is 2. The van der Waals surface area contributed by atoms with Crippen LogP contribution in [0.15, 0.2) is 49.8 Å². The summed E-state index contributed by atoms with van der Waals surface area (Å²) in [6.07, 6.45) is 7.48. The molecule has 5 aromatic heterocycles. The molecule has 0 radical (unpaired) electrons. The minimum atomic E-state index is -1.05. The van der Waals surface area contributed by atoms with Gasteiger partial charge in [0.2, 0.25) is 11.4 Å². The Morgan fingerprint density at radius 1 is 1.15 bits per heavy atom. The first kappa shape index (κ1) is 30.5. The van der Waals surface area contributed by atoms with Gasteiger partial charge >= 0.3 is 0 Å². The van der Waals surface area contributed by atoms with Crippen LogP contribution in [-0.4, -0.2) is 85.7 Å². The fraction of sp³-hybridized carbons (Fsp3) is 0.387. The smallest absolute Gasteiger partial charge is 0.272 e. The maximum atomic E-state index is 13.3. The summed E-state index contributed by atoms with van der Waals surface area (Å²) in [6, 6.07) is 6.91. The zero-order chi connectivity index (χ0) is 32.1. The number of carbonyl (C=O) groups is 1. The van der Waals surface area contributed by atoms with Gasteiger partial charge in [0.15, 0.2) is 11.5 Å². The van der Waals surface area contributed by atoms with Crippen LogP contribution in [0, 0.1) is 0 Å². The molecule has 2 fully saturated rings. The van der Waals surface area contributed by atoms with Crippen LogP contribution in [0.25, 0.3) is 32.6 Å². The van der Waals surface area contributed by atoms with E-state index in [1.807, 2.05) is 19.8 Å². The molecule has 2 aliphatic rings. The summed E-state index contributed by atoms with van der Waals surface area (Å²) >= 11 is 0.220. The molecule has 0 aromatic carbocycles. The molecule has 1 atom stereocenters. The highest BCUT2D eigenvalue weighted by molar-refractivity contribution is 7.88. The topological polar surface area (TPSA) is 156 Å². The summed E-state index contributed by atoms with van der Waals surface area (Å²) in [7, 11) is 3.47. The molecular formula is C31H34N8O5S2. The molecule has 1 aliphatic carbocycles. The first-order valence-electron chi connectivity index (χ1n) is 15.2. The number of H-pyrrole nitrogens is 1. The summed E-state index contributed by atoms with van der Waals surface area (Å²) in [4.78, 5) is 55.0. The van der Waals surface area contributed by atoms with Gasteiger partial charge in [-0.3, -0.25) is 14.4 Å². The van der Waals surface area contributed by atoms with Gasteiger partial charge < -0.3 is 33.6 Å². The molecule has 46 heavy (non-hydrogen) atoms. The molecule has 13 nitrogen and oxygen atoms in total. The molecule has 6 heterocycles. The van der Waals surface area contributed by atoms with Crippen molar-refractivity contribution in [2.75, 3.05) is 56.7 Å². The third-order valence-electron chi connectivity index (χ3n) is 8.68. The van der Waals surface area contributed by atoms with Gasteiger partial charge in [0.25, 0.3) is 11.5 Å². The Morgan fingerprint density at radius 3 is 2.61 bits per heavy atom. The number of hydrogen-bond donors (Lipinski definition) is 2. The van der Waals surface area contributed by atoms with Crippen molar-refractivity contribution in [2.45, 2.75) is 31.7 Å². The van der Waals surface area contributed by atoms with Gasteiger partial charge in [-0.25, -0.2) is 4.98 Å². The molecule has 0 bridgehead atoms. The van der Waals surface area contributed by atoms with Crippen molar-refractivity contribution in [1.82, 2.24) is 28.7 Å². The van der Waals surface area contributed by atoms with Gasteiger partial charge in [-0.15, -0.1) is 15.6 Å². The number of carbonyl (C=O) groups excluding carboxylic acids is 1. The second-order valence-corrected chi connectivity index (χ2v) is 14.1. The average molecular weight is 663 g/mol. The van der Waals surface area contributed by atoms with Crippen LogP contribution in [0.3, 0.4) is 0 Å². The molecular weight excluding hydrogens is 629 g/mol. The average Bonchev–Trinajstić information content (AvgIpc) is 3.80. The summed E-state index contributed by atoms with van der Waals surface area (Å²) < 4.78 is 22.5. The van der Waals surface area contributed by atoms with Gasteiger partial charge in [-0.1, -0.05) is 12.8 Å². The van der Waals surface area contributed by atoms with Gasteiger partial charge in [0.1, 0.15) is 28.0 Å². The van der Waals surface area contributed by atoms with Crippen LogP contribution in [0.4, 0.5) is 17.5 Å². The maximum Gasteiger partial charge on any atom is 0.272 e. The number of fused-ring (bicyclic) bond motifs is 2. The lowest BCUT2D eigenvalue weighted by Gasteiger charge is -2.33. The SMILES string of the molecule is CN(C)C(=O)c1cc2cnc(Nc3ccc(-c4csc5c(=O)cc(N6CCN([S+](C)[O-])CC6)oc45)[nH]c3=O)nc2n1C1CCCC1. The molecule has 1 saturated carbocycles. The molecule has 2 N–H and O–H groups in total. The molecule has 1 amide bonds. The zero-order valence-electron chi connectivity index (χ0n) is 25.7. The third-order valence-corrected chi connectivity index (χ3v) is 10.7. The molecule has 1 saturated heterocycles. The number of pyridine rings is 1. The van der Waals surface area contributed by atoms with Gasteiger partial charge in [0, 0.05) is 67.6 Å². The van der Waals surface area contributed by atoms with E-state index in [2.05, 4.69) is 15.3 Å². The Labute approximate surface area is 271 Å². The Hall–Kier alpha value is -4.18. The van der Waals surface area contributed by atoms with E-state index in [0.717, 1.165) is 31.1 Å². The number of amides is 1. The summed E-state index contributed by atoms with van der Waals surface area (Å²) in [6.45, 7) is 2.36. The van der Waals surface area contributed by atoms with Crippen molar-refractivity contribution < 1.29 is 13.8 Å². The Morgan fingerprint density at radius 2 is 1.91 bits per heavy atom. The summed E-state index contributed by atoms with van der Waals surface area (Å²) in [5.74, 6) is 0.604. The lowest BCUT2D eigenvalue weighted by atomic mass is 10.2. The highest BCUT2D eigenvalue weighted by Crippen LogP contribution is 2.36. The predicted octanol–water partition coefficient (Wildman–Crippen LogP) is 3.93. The Balaban J connectivity index is 1.18. The minimum Gasteiger partial charge on any atom is -0.598 e.